The number of furan rings is 1. The van der Waals surface area contributed by atoms with Gasteiger partial charge in [0.05, 0.1) is 12.0 Å². The van der Waals surface area contributed by atoms with Crippen LogP contribution in [0.2, 0.25) is 5.28 Å². The van der Waals surface area contributed by atoms with Gasteiger partial charge in [-0.05, 0) is 23.7 Å². The summed E-state index contributed by atoms with van der Waals surface area (Å²) in [6.07, 6.45) is 2.17. The number of aromatic amines is 1. The lowest BCUT2D eigenvalue weighted by atomic mass is 10.00. The predicted octanol–water partition coefficient (Wildman–Crippen LogP) is 2.86. The molecule has 1 N–H and O–H groups in total. The zero-order valence-electron chi connectivity index (χ0n) is 14.7. The van der Waals surface area contributed by atoms with Gasteiger partial charge in [-0.3, -0.25) is 4.79 Å². The number of hydrogen-bond donors (Lipinski definition) is 1. The van der Waals surface area contributed by atoms with Gasteiger partial charge in [0.25, 0.3) is 5.91 Å². The Morgan fingerprint density at radius 3 is 3.04 bits per heavy atom. The van der Waals surface area contributed by atoms with Crippen molar-refractivity contribution in [3.63, 3.8) is 0 Å². The van der Waals surface area contributed by atoms with Crippen molar-refractivity contribution >= 4 is 28.5 Å². The summed E-state index contributed by atoms with van der Waals surface area (Å²) in [5.74, 6) is -0.285. The van der Waals surface area contributed by atoms with Crippen molar-refractivity contribution in [1.29, 1.82) is 0 Å². The summed E-state index contributed by atoms with van der Waals surface area (Å²) in [6, 6.07) is 5.82. The second-order valence-corrected chi connectivity index (χ2v) is 6.89. The molecule has 8 nitrogen and oxygen atoms in total. The number of nitrogens with one attached hydrogen (secondary N) is 1. The predicted molar refractivity (Wildman–Crippen MR) is 97.4 cm³/mol. The van der Waals surface area contributed by atoms with Gasteiger partial charge in [-0.15, -0.1) is 5.10 Å². The van der Waals surface area contributed by atoms with Gasteiger partial charge in [0.15, 0.2) is 11.4 Å². The number of benzene rings is 1. The molecule has 1 aliphatic rings. The van der Waals surface area contributed by atoms with Crippen LogP contribution in [-0.2, 0) is 13.5 Å². The van der Waals surface area contributed by atoms with Gasteiger partial charge in [0, 0.05) is 31.1 Å². The number of fused-ring (bicyclic) bond motifs is 2. The van der Waals surface area contributed by atoms with Gasteiger partial charge in [-0.2, -0.15) is 4.98 Å². The Bertz CT molecular complexity index is 1210. The van der Waals surface area contributed by atoms with Gasteiger partial charge in [-0.25, -0.2) is 14.1 Å². The van der Waals surface area contributed by atoms with E-state index >= 15 is 0 Å². The fraction of sp³-hybridized carbons (Fsp3) is 0.222. The van der Waals surface area contributed by atoms with Crippen LogP contribution in [-0.4, -0.2) is 42.1 Å². The highest BCUT2D eigenvalue weighted by molar-refractivity contribution is 6.28. The van der Waals surface area contributed by atoms with Crippen molar-refractivity contribution in [3.05, 3.63) is 64.7 Å². The summed E-state index contributed by atoms with van der Waals surface area (Å²) in [7, 11) is 1.60. The molecule has 5 rings (SSSR count). The van der Waals surface area contributed by atoms with Crippen molar-refractivity contribution in [2.45, 2.75) is 12.5 Å². The van der Waals surface area contributed by atoms with Crippen molar-refractivity contribution in [3.8, 4) is 0 Å². The Labute approximate surface area is 162 Å². The maximum Gasteiger partial charge on any atom is 0.292 e. The molecule has 1 amide bonds. The summed E-state index contributed by atoms with van der Waals surface area (Å²) >= 11 is 5.85. The molecule has 0 saturated heterocycles. The number of aromatic nitrogens is 5. The summed E-state index contributed by atoms with van der Waals surface area (Å²) in [4.78, 5) is 26.3. The number of H-pyrrole nitrogens is 1. The number of carbonyl (C=O) groups excluding carboxylic acids is 1. The van der Waals surface area contributed by atoms with Crippen LogP contribution in [0.5, 0.6) is 0 Å². The van der Waals surface area contributed by atoms with Crippen LogP contribution in [0.25, 0.3) is 11.0 Å². The number of carbonyl (C=O) groups is 1. The molecule has 0 aliphatic carbocycles. The molecule has 0 bridgehead atoms. The molecule has 0 unspecified atom stereocenters. The molecule has 10 heteroatoms. The topological polar surface area (TPSA) is 92.8 Å². The van der Waals surface area contributed by atoms with Crippen LogP contribution in [0.3, 0.4) is 0 Å². The average molecular weight is 401 g/mol. The molecule has 3 aromatic heterocycles. The molecule has 1 aromatic carbocycles. The molecule has 0 saturated carbocycles. The van der Waals surface area contributed by atoms with Crippen molar-refractivity contribution in [1.82, 2.24) is 29.6 Å². The minimum absolute atomic E-state index is 0.00863. The minimum Gasteiger partial charge on any atom is -0.455 e. The zero-order chi connectivity index (χ0) is 19.4. The Kier molecular flexibility index (Phi) is 3.73. The van der Waals surface area contributed by atoms with E-state index in [1.807, 2.05) is 0 Å². The van der Waals surface area contributed by atoms with Crippen molar-refractivity contribution < 1.29 is 13.6 Å². The van der Waals surface area contributed by atoms with Gasteiger partial charge < -0.3 is 14.3 Å². The number of rotatable bonds is 2. The van der Waals surface area contributed by atoms with E-state index in [2.05, 4.69) is 20.1 Å². The Morgan fingerprint density at radius 2 is 2.29 bits per heavy atom. The first kappa shape index (κ1) is 16.9. The molecule has 1 atom stereocenters. The molecule has 1 aliphatic heterocycles. The number of aryl methyl sites for hydroxylation is 1. The number of nitrogens with zero attached hydrogens (tertiary/aromatic N) is 5. The summed E-state index contributed by atoms with van der Waals surface area (Å²) in [5, 5.41) is 4.54. The number of amides is 1. The highest BCUT2D eigenvalue weighted by atomic mass is 35.5. The second kappa shape index (κ2) is 6.16. The SMILES string of the molecule is Cn1nc(Cl)nc1C(=O)N1CCc2[nH]cnc2[C@H]1c1cc2cccc(F)c2o1. The van der Waals surface area contributed by atoms with Crippen LogP contribution < -0.4 is 0 Å². The molecular formula is C18H14ClFN6O2. The Balaban J connectivity index is 1.65. The van der Waals surface area contributed by atoms with Crippen LogP contribution >= 0.6 is 11.6 Å². The normalized spacial score (nSPS) is 16.5. The first-order chi connectivity index (χ1) is 13.5. The third-order valence-electron chi connectivity index (χ3n) is 4.90. The lowest BCUT2D eigenvalue weighted by Gasteiger charge is -2.33. The van der Waals surface area contributed by atoms with Crippen LogP contribution in [0.4, 0.5) is 4.39 Å². The quantitative estimate of drug-likeness (QED) is 0.558. The van der Waals surface area contributed by atoms with E-state index in [1.54, 1.807) is 36.5 Å². The average Bonchev–Trinajstić information content (AvgIpc) is 3.38. The standard InChI is InChI=1S/C18H14ClFN6O2/c1-25-16(23-18(19)24-25)17(27)26-6-5-11-13(22-8-21-11)14(26)12-7-9-3-2-4-10(20)15(9)28-12/h2-4,7-8,14H,5-6H2,1H3,(H,21,22)/t14-/m1/s1. The maximum atomic E-state index is 14.1. The number of para-hydroxylation sites is 1. The highest BCUT2D eigenvalue weighted by Crippen LogP contribution is 2.37. The molecule has 0 fully saturated rings. The smallest absolute Gasteiger partial charge is 0.292 e. The molecule has 0 radical (unpaired) electrons. The van der Waals surface area contributed by atoms with E-state index in [-0.39, 0.29) is 22.6 Å². The lowest BCUT2D eigenvalue weighted by molar-refractivity contribution is 0.0655. The molecule has 142 valence electrons. The Hall–Kier alpha value is -3.20. The largest absolute Gasteiger partial charge is 0.455 e. The number of imidazole rings is 1. The molecular weight excluding hydrogens is 387 g/mol. The fourth-order valence-corrected chi connectivity index (χ4v) is 3.83. The monoisotopic (exact) mass is 400 g/mol. The zero-order valence-corrected chi connectivity index (χ0v) is 15.4. The van der Waals surface area contributed by atoms with Crippen molar-refractivity contribution in [2.24, 2.45) is 7.05 Å². The van der Waals surface area contributed by atoms with Crippen LogP contribution in [0, 0.1) is 5.82 Å². The van der Waals surface area contributed by atoms with Gasteiger partial charge in [0.2, 0.25) is 11.1 Å². The highest BCUT2D eigenvalue weighted by Gasteiger charge is 2.38. The molecule has 0 spiro atoms. The van der Waals surface area contributed by atoms with Gasteiger partial charge in [0.1, 0.15) is 11.8 Å². The first-order valence-electron chi connectivity index (χ1n) is 8.60. The maximum absolute atomic E-state index is 14.1. The summed E-state index contributed by atoms with van der Waals surface area (Å²) < 4.78 is 21.3. The second-order valence-electron chi connectivity index (χ2n) is 6.55. The number of hydrogen-bond acceptors (Lipinski definition) is 5. The van der Waals surface area contributed by atoms with E-state index < -0.39 is 11.9 Å². The first-order valence-corrected chi connectivity index (χ1v) is 8.98. The molecule has 4 heterocycles. The van der Waals surface area contributed by atoms with E-state index in [9.17, 15) is 9.18 Å². The minimum atomic E-state index is -0.621. The van der Waals surface area contributed by atoms with Gasteiger partial charge in [-0.1, -0.05) is 12.1 Å². The third kappa shape index (κ3) is 2.50. The fourth-order valence-electron chi connectivity index (χ4n) is 3.63. The Morgan fingerprint density at radius 1 is 1.43 bits per heavy atom. The third-order valence-corrected chi connectivity index (χ3v) is 5.06. The van der Waals surface area contributed by atoms with Crippen LogP contribution in [0.1, 0.15) is 33.8 Å². The molecule has 4 aromatic rings. The number of halogens is 2. The molecule has 28 heavy (non-hydrogen) atoms. The van der Waals surface area contributed by atoms with Crippen LogP contribution in [0.15, 0.2) is 35.0 Å². The summed E-state index contributed by atoms with van der Waals surface area (Å²) in [6.45, 7) is 0.405. The van der Waals surface area contributed by atoms with E-state index in [1.165, 1.54) is 10.7 Å². The van der Waals surface area contributed by atoms with E-state index in [0.29, 0.717) is 29.8 Å². The van der Waals surface area contributed by atoms with E-state index in [0.717, 1.165) is 5.69 Å². The van der Waals surface area contributed by atoms with Gasteiger partial charge >= 0.3 is 0 Å². The summed E-state index contributed by atoms with van der Waals surface area (Å²) in [5.41, 5.74) is 1.72. The lowest BCUT2D eigenvalue weighted by Crippen LogP contribution is -2.41. The van der Waals surface area contributed by atoms with Crippen molar-refractivity contribution in [2.75, 3.05) is 6.54 Å². The van der Waals surface area contributed by atoms with E-state index in [4.69, 9.17) is 16.0 Å².